The molecule has 7 nitrogen and oxygen atoms in total. The van der Waals surface area contributed by atoms with Gasteiger partial charge in [-0.15, -0.1) is 0 Å². The molecule has 0 spiro atoms. The third-order valence-corrected chi connectivity index (χ3v) is 4.42. The lowest BCUT2D eigenvalue weighted by Gasteiger charge is -2.10. The van der Waals surface area contributed by atoms with Crippen molar-refractivity contribution in [2.24, 2.45) is 0 Å². The van der Waals surface area contributed by atoms with Gasteiger partial charge in [-0.3, -0.25) is 9.52 Å². The van der Waals surface area contributed by atoms with Gasteiger partial charge in [0.05, 0.1) is 4.90 Å². The van der Waals surface area contributed by atoms with Crippen LogP contribution in [-0.2, 0) is 16.6 Å². The molecule has 0 aliphatic heterocycles. The molecule has 0 saturated heterocycles. The highest BCUT2D eigenvalue weighted by Gasteiger charge is 2.18. The fraction of sp³-hybridized carbons (Fsp3) is 0.250. The minimum atomic E-state index is -3.95. The summed E-state index contributed by atoms with van der Waals surface area (Å²) in [5, 5.41) is 0. The molecular formula is C16H19N3O4S. The van der Waals surface area contributed by atoms with E-state index >= 15 is 0 Å². The molecule has 128 valence electrons. The molecule has 24 heavy (non-hydrogen) atoms. The van der Waals surface area contributed by atoms with Crippen LogP contribution in [0.4, 0.5) is 5.82 Å². The van der Waals surface area contributed by atoms with E-state index in [0.29, 0.717) is 18.9 Å². The molecule has 0 aliphatic carbocycles. The Balaban J connectivity index is 2.29. The minimum absolute atomic E-state index is 0.0187. The van der Waals surface area contributed by atoms with Crippen LogP contribution in [0.2, 0.25) is 0 Å². The van der Waals surface area contributed by atoms with Crippen molar-refractivity contribution in [3.05, 3.63) is 59.2 Å². The average molecular weight is 349 g/mol. The second-order valence-corrected chi connectivity index (χ2v) is 6.88. The predicted octanol–water partition coefficient (Wildman–Crippen LogP) is 2.02. The number of anilines is 1. The molecular weight excluding hydrogens is 330 g/mol. The summed E-state index contributed by atoms with van der Waals surface area (Å²) in [6.45, 7) is 8.02. The van der Waals surface area contributed by atoms with Crippen molar-refractivity contribution >= 4 is 15.8 Å². The van der Waals surface area contributed by atoms with Crippen LogP contribution >= 0.6 is 0 Å². The Kier molecular flexibility index (Phi) is 5.40. The third kappa shape index (κ3) is 4.23. The maximum Gasteiger partial charge on any atom is 0.294 e. The summed E-state index contributed by atoms with van der Waals surface area (Å²) in [5.74, 6) is 0.153. The van der Waals surface area contributed by atoms with Gasteiger partial charge in [0.25, 0.3) is 15.6 Å². The molecule has 0 unspecified atom stereocenters. The lowest BCUT2D eigenvalue weighted by Crippen LogP contribution is -2.26. The molecule has 0 aliphatic rings. The highest BCUT2D eigenvalue weighted by molar-refractivity contribution is 7.92. The highest BCUT2D eigenvalue weighted by Crippen LogP contribution is 2.19. The van der Waals surface area contributed by atoms with Gasteiger partial charge in [-0.05, 0) is 31.6 Å². The fourth-order valence-electron chi connectivity index (χ4n) is 1.89. The van der Waals surface area contributed by atoms with Crippen LogP contribution in [0.15, 0.2) is 58.5 Å². The van der Waals surface area contributed by atoms with Crippen molar-refractivity contribution in [1.29, 1.82) is 0 Å². The number of hydrogen-bond donors (Lipinski definition) is 1. The van der Waals surface area contributed by atoms with E-state index in [2.05, 4.69) is 16.3 Å². The van der Waals surface area contributed by atoms with Gasteiger partial charge in [-0.1, -0.05) is 12.6 Å². The second kappa shape index (κ2) is 7.31. The van der Waals surface area contributed by atoms with Crippen LogP contribution in [0.25, 0.3) is 0 Å². The zero-order valence-corrected chi connectivity index (χ0v) is 14.3. The van der Waals surface area contributed by atoms with E-state index in [1.165, 1.54) is 29.1 Å². The van der Waals surface area contributed by atoms with Crippen LogP contribution < -0.4 is 15.0 Å². The predicted molar refractivity (Wildman–Crippen MR) is 91.7 cm³/mol. The number of benzene rings is 1. The quantitative estimate of drug-likeness (QED) is 0.772. The Morgan fingerprint density at radius 3 is 2.83 bits per heavy atom. The molecule has 1 aromatic heterocycles. The van der Waals surface area contributed by atoms with Gasteiger partial charge in [0.15, 0.2) is 0 Å². The number of rotatable bonds is 7. The molecule has 0 bridgehead atoms. The number of nitrogens with one attached hydrogen (secondary N) is 1. The summed E-state index contributed by atoms with van der Waals surface area (Å²) >= 11 is 0. The van der Waals surface area contributed by atoms with Crippen molar-refractivity contribution < 1.29 is 13.2 Å². The first-order chi connectivity index (χ1) is 11.3. The van der Waals surface area contributed by atoms with E-state index in [-0.39, 0.29) is 10.7 Å². The molecule has 0 atom stereocenters. The van der Waals surface area contributed by atoms with Crippen molar-refractivity contribution in [1.82, 2.24) is 9.55 Å². The van der Waals surface area contributed by atoms with Crippen LogP contribution in [0.5, 0.6) is 5.75 Å². The summed E-state index contributed by atoms with van der Waals surface area (Å²) in [6.07, 6.45) is 2.86. The van der Waals surface area contributed by atoms with Gasteiger partial charge < -0.3 is 9.30 Å². The molecule has 0 saturated carbocycles. The Hall–Kier alpha value is -2.61. The second-order valence-electron chi connectivity index (χ2n) is 5.19. The van der Waals surface area contributed by atoms with E-state index in [1.54, 1.807) is 19.1 Å². The van der Waals surface area contributed by atoms with Gasteiger partial charge in [0, 0.05) is 25.0 Å². The Morgan fingerprint density at radius 2 is 2.17 bits per heavy atom. The molecule has 1 aromatic carbocycles. The number of hydrogen-bond acceptors (Lipinski definition) is 5. The number of aryl methyl sites for hydroxylation is 1. The van der Waals surface area contributed by atoms with Crippen LogP contribution in [0.3, 0.4) is 0 Å². The number of aromatic nitrogens is 2. The zero-order valence-electron chi connectivity index (χ0n) is 13.5. The molecule has 1 heterocycles. The topological polar surface area (TPSA) is 90.3 Å². The molecule has 0 radical (unpaired) electrons. The number of sulfonamides is 1. The van der Waals surface area contributed by atoms with Gasteiger partial charge in [0.2, 0.25) is 5.82 Å². The molecule has 2 rings (SSSR count). The van der Waals surface area contributed by atoms with Crippen LogP contribution in [0.1, 0.15) is 13.8 Å². The SMILES string of the molecule is C=C(C)COc1cccc(S(=O)(=O)Nc2nccn(CC)c2=O)c1. The Morgan fingerprint density at radius 1 is 1.42 bits per heavy atom. The average Bonchev–Trinajstić information content (AvgIpc) is 2.55. The number of nitrogens with zero attached hydrogens (tertiary/aromatic N) is 2. The van der Waals surface area contributed by atoms with Gasteiger partial charge in [-0.25, -0.2) is 13.4 Å². The fourth-order valence-corrected chi connectivity index (χ4v) is 2.93. The standard InChI is InChI=1S/C16H19N3O4S/c1-4-19-9-8-17-15(16(19)20)18-24(21,22)14-7-5-6-13(10-14)23-11-12(2)3/h5-10H,2,4,11H2,1,3H3,(H,17,18). The summed E-state index contributed by atoms with van der Waals surface area (Å²) in [5.41, 5.74) is 0.313. The molecule has 8 heteroatoms. The summed E-state index contributed by atoms with van der Waals surface area (Å²) < 4.78 is 34.0. The van der Waals surface area contributed by atoms with Crippen molar-refractivity contribution in [3.63, 3.8) is 0 Å². The van der Waals surface area contributed by atoms with E-state index in [0.717, 1.165) is 5.57 Å². The molecule has 0 fully saturated rings. The summed E-state index contributed by atoms with van der Waals surface area (Å²) in [6, 6.07) is 6.00. The van der Waals surface area contributed by atoms with E-state index in [4.69, 9.17) is 4.74 Å². The zero-order chi connectivity index (χ0) is 17.7. The normalized spacial score (nSPS) is 11.1. The van der Waals surface area contributed by atoms with Gasteiger partial charge >= 0.3 is 0 Å². The first-order valence-corrected chi connectivity index (χ1v) is 8.77. The smallest absolute Gasteiger partial charge is 0.294 e. The van der Waals surface area contributed by atoms with Crippen molar-refractivity contribution in [2.45, 2.75) is 25.3 Å². The molecule has 0 amide bonds. The third-order valence-electron chi connectivity index (χ3n) is 3.09. The summed E-state index contributed by atoms with van der Waals surface area (Å²) in [7, 11) is -3.95. The van der Waals surface area contributed by atoms with Crippen molar-refractivity contribution in [3.8, 4) is 5.75 Å². The largest absolute Gasteiger partial charge is 0.489 e. The lowest BCUT2D eigenvalue weighted by atomic mass is 10.3. The van der Waals surface area contributed by atoms with E-state index in [1.807, 2.05) is 6.92 Å². The van der Waals surface area contributed by atoms with E-state index in [9.17, 15) is 13.2 Å². The first kappa shape index (κ1) is 17.7. The Bertz CT molecular complexity index is 904. The van der Waals surface area contributed by atoms with E-state index < -0.39 is 15.6 Å². The van der Waals surface area contributed by atoms with Crippen LogP contribution in [0, 0.1) is 0 Å². The lowest BCUT2D eigenvalue weighted by molar-refractivity contribution is 0.351. The number of ether oxygens (including phenoxy) is 1. The van der Waals surface area contributed by atoms with Gasteiger partial charge in [-0.2, -0.15) is 0 Å². The van der Waals surface area contributed by atoms with Crippen LogP contribution in [-0.4, -0.2) is 24.6 Å². The molecule has 1 N–H and O–H groups in total. The molecule has 2 aromatic rings. The first-order valence-electron chi connectivity index (χ1n) is 7.29. The maximum atomic E-state index is 12.5. The minimum Gasteiger partial charge on any atom is -0.489 e. The maximum absolute atomic E-state index is 12.5. The van der Waals surface area contributed by atoms with Crippen molar-refractivity contribution in [2.75, 3.05) is 11.3 Å². The van der Waals surface area contributed by atoms with Gasteiger partial charge in [0.1, 0.15) is 12.4 Å². The monoisotopic (exact) mass is 349 g/mol. The Labute approximate surface area is 140 Å². The highest BCUT2D eigenvalue weighted by atomic mass is 32.2. The summed E-state index contributed by atoms with van der Waals surface area (Å²) in [4.78, 5) is 15.9.